The maximum Gasteiger partial charge on any atom is 0.243 e. The van der Waals surface area contributed by atoms with Crippen LogP contribution >= 0.6 is 24.0 Å². The average Bonchev–Trinajstić information content (AvgIpc) is 2.61. The minimum atomic E-state index is -0.240. The predicted molar refractivity (Wildman–Crippen MR) is 115 cm³/mol. The second-order valence-corrected chi connectivity index (χ2v) is 5.71. The van der Waals surface area contributed by atoms with Gasteiger partial charge in [0.1, 0.15) is 5.82 Å². The summed E-state index contributed by atoms with van der Waals surface area (Å²) in [5.41, 5.74) is 2.15. The number of rotatable bonds is 5. The number of anilines is 1. The van der Waals surface area contributed by atoms with E-state index in [-0.39, 0.29) is 48.3 Å². The number of aliphatic imine (C=N–C) groups is 1. The summed E-state index contributed by atoms with van der Waals surface area (Å²) in [6.45, 7) is 3.70. The van der Waals surface area contributed by atoms with E-state index in [1.54, 1.807) is 20.0 Å². The summed E-state index contributed by atoms with van der Waals surface area (Å²) in [6, 6.07) is 14.2. The molecule has 0 bridgehead atoms. The standard InChI is InChI=1S/C19H23FN4O.HI/c1-13-9-10-15(11-17(13)20)14(2)23-19(21-3)22-12-18(25)24-16-7-5-4-6-8-16;/h4-11,14H,12H2,1-3H3,(H,24,25)(H2,21,22,23);1H. The van der Waals surface area contributed by atoms with Crippen molar-refractivity contribution >= 4 is 41.5 Å². The van der Waals surface area contributed by atoms with Crippen LogP contribution in [0.2, 0.25) is 0 Å². The molecular formula is C19H24FIN4O. The van der Waals surface area contributed by atoms with Gasteiger partial charge >= 0.3 is 0 Å². The Morgan fingerprint density at radius 2 is 1.88 bits per heavy atom. The van der Waals surface area contributed by atoms with Gasteiger partial charge in [-0.05, 0) is 43.2 Å². The first-order valence-electron chi connectivity index (χ1n) is 8.07. The molecule has 7 heteroatoms. The number of amides is 1. The first-order valence-corrected chi connectivity index (χ1v) is 8.07. The molecule has 0 fully saturated rings. The molecule has 3 N–H and O–H groups in total. The van der Waals surface area contributed by atoms with Crippen LogP contribution in [-0.2, 0) is 4.79 Å². The number of carbonyl (C=O) groups is 1. The number of carbonyl (C=O) groups excluding carboxylic acids is 1. The summed E-state index contributed by atoms with van der Waals surface area (Å²) >= 11 is 0. The lowest BCUT2D eigenvalue weighted by Crippen LogP contribution is -2.42. The molecule has 0 radical (unpaired) electrons. The lowest BCUT2D eigenvalue weighted by Gasteiger charge is -2.18. The van der Waals surface area contributed by atoms with Crippen LogP contribution in [0.15, 0.2) is 53.5 Å². The van der Waals surface area contributed by atoms with Gasteiger partial charge in [0.05, 0.1) is 12.6 Å². The van der Waals surface area contributed by atoms with Crippen molar-refractivity contribution in [3.05, 3.63) is 65.5 Å². The fraction of sp³-hybridized carbons (Fsp3) is 0.263. The number of nitrogens with one attached hydrogen (secondary N) is 3. The third-order valence-corrected chi connectivity index (χ3v) is 3.75. The van der Waals surface area contributed by atoms with Gasteiger partial charge in [-0.3, -0.25) is 9.79 Å². The Hall–Kier alpha value is -2.16. The largest absolute Gasteiger partial charge is 0.350 e. The third kappa shape index (κ3) is 6.62. The second kappa shape index (κ2) is 10.7. The highest BCUT2D eigenvalue weighted by Gasteiger charge is 2.11. The number of para-hydroxylation sites is 1. The zero-order chi connectivity index (χ0) is 18.2. The van der Waals surface area contributed by atoms with E-state index < -0.39 is 0 Å². The van der Waals surface area contributed by atoms with Gasteiger partial charge < -0.3 is 16.0 Å². The summed E-state index contributed by atoms with van der Waals surface area (Å²) < 4.78 is 13.7. The van der Waals surface area contributed by atoms with E-state index in [9.17, 15) is 9.18 Å². The smallest absolute Gasteiger partial charge is 0.243 e. The highest BCUT2D eigenvalue weighted by atomic mass is 127. The highest BCUT2D eigenvalue weighted by molar-refractivity contribution is 14.0. The van der Waals surface area contributed by atoms with Crippen LogP contribution in [0.25, 0.3) is 0 Å². The van der Waals surface area contributed by atoms with Gasteiger partial charge in [0.2, 0.25) is 5.91 Å². The lowest BCUT2D eigenvalue weighted by atomic mass is 10.1. The Balaban J connectivity index is 0.00000338. The summed E-state index contributed by atoms with van der Waals surface area (Å²) in [7, 11) is 1.62. The Bertz CT molecular complexity index is 752. The maximum absolute atomic E-state index is 13.7. The molecule has 26 heavy (non-hydrogen) atoms. The zero-order valence-corrected chi connectivity index (χ0v) is 17.4. The molecule has 1 unspecified atom stereocenters. The maximum atomic E-state index is 13.7. The molecule has 0 aliphatic rings. The lowest BCUT2D eigenvalue weighted by molar-refractivity contribution is -0.115. The molecule has 0 aliphatic heterocycles. The number of benzene rings is 2. The number of guanidine groups is 1. The van der Waals surface area contributed by atoms with Gasteiger partial charge in [0, 0.05) is 12.7 Å². The van der Waals surface area contributed by atoms with Crippen molar-refractivity contribution in [2.45, 2.75) is 19.9 Å². The van der Waals surface area contributed by atoms with E-state index in [2.05, 4.69) is 20.9 Å². The SMILES string of the molecule is CN=C(NCC(=O)Nc1ccccc1)NC(C)c1ccc(C)c(F)c1.I. The van der Waals surface area contributed by atoms with E-state index >= 15 is 0 Å². The van der Waals surface area contributed by atoms with Gasteiger partial charge in [-0.2, -0.15) is 0 Å². The predicted octanol–water partition coefficient (Wildman–Crippen LogP) is 3.62. The van der Waals surface area contributed by atoms with Gasteiger partial charge in [-0.15, -0.1) is 24.0 Å². The zero-order valence-electron chi connectivity index (χ0n) is 15.0. The molecule has 5 nitrogen and oxygen atoms in total. The number of aryl methyl sites for hydroxylation is 1. The molecule has 0 spiro atoms. The first-order chi connectivity index (χ1) is 12.0. The normalized spacial score (nSPS) is 11.9. The summed E-state index contributed by atoms with van der Waals surface area (Å²) in [4.78, 5) is 16.1. The molecule has 2 rings (SSSR count). The number of hydrogen-bond donors (Lipinski definition) is 3. The van der Waals surface area contributed by atoms with Crippen molar-refractivity contribution in [3.63, 3.8) is 0 Å². The molecule has 140 valence electrons. The number of nitrogens with zero attached hydrogens (tertiary/aromatic N) is 1. The van der Waals surface area contributed by atoms with Crippen LogP contribution in [0.5, 0.6) is 0 Å². The van der Waals surface area contributed by atoms with Crippen molar-refractivity contribution in [1.82, 2.24) is 10.6 Å². The topological polar surface area (TPSA) is 65.5 Å². The van der Waals surface area contributed by atoms with Crippen LogP contribution in [0.3, 0.4) is 0 Å². The van der Waals surface area contributed by atoms with Crippen LogP contribution in [0.1, 0.15) is 24.1 Å². The van der Waals surface area contributed by atoms with Crippen molar-refractivity contribution < 1.29 is 9.18 Å². The van der Waals surface area contributed by atoms with Crippen LogP contribution in [-0.4, -0.2) is 25.5 Å². The Labute approximate surface area is 170 Å². The van der Waals surface area contributed by atoms with Crippen molar-refractivity contribution in [3.8, 4) is 0 Å². The van der Waals surface area contributed by atoms with Crippen LogP contribution in [0, 0.1) is 12.7 Å². The highest BCUT2D eigenvalue weighted by Crippen LogP contribution is 2.16. The Morgan fingerprint density at radius 1 is 1.19 bits per heavy atom. The third-order valence-electron chi connectivity index (χ3n) is 3.75. The monoisotopic (exact) mass is 470 g/mol. The van der Waals surface area contributed by atoms with Gasteiger partial charge in [-0.25, -0.2) is 4.39 Å². The molecule has 0 saturated carbocycles. The summed E-state index contributed by atoms with van der Waals surface area (Å²) in [6.07, 6.45) is 0. The van der Waals surface area contributed by atoms with E-state index in [0.717, 1.165) is 11.3 Å². The quantitative estimate of drug-likeness (QED) is 0.356. The fourth-order valence-corrected chi connectivity index (χ4v) is 2.25. The van der Waals surface area contributed by atoms with E-state index in [1.807, 2.05) is 43.3 Å². The van der Waals surface area contributed by atoms with Crippen LogP contribution in [0.4, 0.5) is 10.1 Å². The van der Waals surface area contributed by atoms with Gasteiger partial charge in [-0.1, -0.05) is 30.3 Å². The molecular weight excluding hydrogens is 446 g/mol. The minimum Gasteiger partial charge on any atom is -0.350 e. The van der Waals surface area contributed by atoms with Crippen molar-refractivity contribution in [1.29, 1.82) is 0 Å². The summed E-state index contributed by atoms with van der Waals surface area (Å²) in [5, 5.41) is 8.88. The molecule has 1 amide bonds. The Kier molecular flexibility index (Phi) is 9.04. The van der Waals surface area contributed by atoms with E-state index in [1.165, 1.54) is 6.07 Å². The van der Waals surface area contributed by atoms with Gasteiger partial charge in [0.15, 0.2) is 5.96 Å². The molecule has 2 aromatic rings. The van der Waals surface area contributed by atoms with Crippen molar-refractivity contribution in [2.24, 2.45) is 4.99 Å². The molecule has 2 aromatic carbocycles. The average molecular weight is 470 g/mol. The molecule has 1 atom stereocenters. The van der Waals surface area contributed by atoms with Crippen molar-refractivity contribution in [2.75, 3.05) is 18.9 Å². The first kappa shape index (κ1) is 21.9. The minimum absolute atomic E-state index is 0. The summed E-state index contributed by atoms with van der Waals surface area (Å²) in [5.74, 6) is 0.0520. The Morgan fingerprint density at radius 3 is 2.50 bits per heavy atom. The fourth-order valence-electron chi connectivity index (χ4n) is 2.25. The molecule has 0 saturated heterocycles. The van der Waals surface area contributed by atoms with E-state index in [0.29, 0.717) is 11.5 Å². The molecule has 0 heterocycles. The molecule has 0 aliphatic carbocycles. The van der Waals surface area contributed by atoms with Crippen LogP contribution < -0.4 is 16.0 Å². The second-order valence-electron chi connectivity index (χ2n) is 5.71. The van der Waals surface area contributed by atoms with E-state index in [4.69, 9.17) is 0 Å². The number of halogens is 2. The van der Waals surface area contributed by atoms with Gasteiger partial charge in [0.25, 0.3) is 0 Å². The number of hydrogen-bond acceptors (Lipinski definition) is 2. The molecule has 0 aromatic heterocycles.